The molecule has 0 atom stereocenters. The molecule has 4 nitrogen and oxygen atoms in total. The first-order chi connectivity index (χ1) is 16.5. The Labute approximate surface area is 219 Å². The van der Waals surface area contributed by atoms with Crippen molar-refractivity contribution in [3.63, 3.8) is 0 Å². The summed E-state index contributed by atoms with van der Waals surface area (Å²) < 4.78 is 1.87. The lowest BCUT2D eigenvalue weighted by atomic mass is 9.96. The van der Waals surface area contributed by atoms with Crippen LogP contribution in [0.5, 0.6) is 0 Å². The van der Waals surface area contributed by atoms with Crippen LogP contribution >= 0.6 is 31.9 Å². The van der Waals surface area contributed by atoms with E-state index in [-0.39, 0.29) is 11.8 Å². The minimum Gasteiger partial charge on any atom is -0.308 e. The van der Waals surface area contributed by atoms with Crippen molar-refractivity contribution in [3.8, 4) is 0 Å². The van der Waals surface area contributed by atoms with Crippen LogP contribution in [-0.4, -0.2) is 24.9 Å². The molecule has 4 rings (SSSR count). The van der Waals surface area contributed by atoms with Crippen LogP contribution in [-0.2, 0) is 9.59 Å². The van der Waals surface area contributed by atoms with Crippen LogP contribution in [0.2, 0.25) is 0 Å². The molecule has 34 heavy (non-hydrogen) atoms. The van der Waals surface area contributed by atoms with Crippen LogP contribution in [0.3, 0.4) is 0 Å². The standard InChI is InChI=1S/C28H32Br2N2O2/c1-3-5-7-9-15-31-23-17-19(29)11-13-21(23)25(27(31)33)26-22-14-12-20(30)18-24(22)32(28(26)34)16-10-8-6-4-2/h11-14,17-18H,3-10,15-16H2,1-2H3/b26-25+. The first-order valence-corrected chi connectivity index (χ1v) is 14.0. The van der Waals surface area contributed by atoms with Gasteiger partial charge in [0.1, 0.15) is 0 Å². The first kappa shape index (κ1) is 25.2. The van der Waals surface area contributed by atoms with Crippen LogP contribution < -0.4 is 9.80 Å². The predicted octanol–water partition coefficient (Wildman–Crippen LogP) is 7.98. The van der Waals surface area contributed by atoms with Crippen LogP contribution in [0.1, 0.15) is 76.3 Å². The molecule has 2 aromatic carbocycles. The molecule has 0 unspecified atom stereocenters. The summed E-state index contributed by atoms with van der Waals surface area (Å²) in [4.78, 5) is 31.4. The third kappa shape index (κ3) is 4.90. The third-order valence-corrected chi connectivity index (χ3v) is 7.66. The summed E-state index contributed by atoms with van der Waals surface area (Å²) in [5.74, 6) is -0.121. The lowest BCUT2D eigenvalue weighted by Crippen LogP contribution is -2.30. The Bertz CT molecular complexity index is 1040. The fraction of sp³-hybridized carbons (Fsp3) is 0.429. The Morgan fingerprint density at radius 2 is 1.03 bits per heavy atom. The van der Waals surface area contributed by atoms with Gasteiger partial charge >= 0.3 is 0 Å². The zero-order valence-electron chi connectivity index (χ0n) is 20.0. The summed E-state index contributed by atoms with van der Waals surface area (Å²) in [7, 11) is 0. The Balaban J connectivity index is 1.77. The van der Waals surface area contributed by atoms with Gasteiger partial charge in [-0.25, -0.2) is 0 Å². The number of carbonyl (C=O) groups excluding carboxylic acids is 2. The molecule has 0 fully saturated rings. The Morgan fingerprint density at radius 1 is 0.618 bits per heavy atom. The average molecular weight is 588 g/mol. The van der Waals surface area contributed by atoms with Gasteiger partial charge in [0.05, 0.1) is 22.5 Å². The molecular weight excluding hydrogens is 556 g/mol. The van der Waals surface area contributed by atoms with E-state index < -0.39 is 0 Å². The molecule has 0 saturated heterocycles. The molecule has 2 aliphatic heterocycles. The van der Waals surface area contributed by atoms with E-state index in [2.05, 4.69) is 45.7 Å². The van der Waals surface area contributed by atoms with Gasteiger partial charge in [0.15, 0.2) is 0 Å². The van der Waals surface area contributed by atoms with Crippen molar-refractivity contribution in [3.05, 3.63) is 56.5 Å². The largest absolute Gasteiger partial charge is 0.308 e. The highest BCUT2D eigenvalue weighted by molar-refractivity contribution is 9.10. The normalized spacial score (nSPS) is 17.1. The van der Waals surface area contributed by atoms with Gasteiger partial charge in [0.2, 0.25) is 0 Å². The fourth-order valence-electron chi connectivity index (χ4n) is 4.92. The van der Waals surface area contributed by atoms with E-state index >= 15 is 0 Å². The lowest BCUT2D eigenvalue weighted by Gasteiger charge is -2.17. The Morgan fingerprint density at radius 3 is 1.41 bits per heavy atom. The Hall–Kier alpha value is -1.92. The second kappa shape index (κ2) is 11.2. The molecule has 0 N–H and O–H groups in total. The highest BCUT2D eigenvalue weighted by atomic mass is 79.9. The van der Waals surface area contributed by atoms with E-state index in [4.69, 9.17) is 0 Å². The van der Waals surface area contributed by atoms with Gasteiger partial charge in [-0.05, 0) is 37.1 Å². The molecule has 0 spiro atoms. The van der Waals surface area contributed by atoms with Gasteiger partial charge in [-0.3, -0.25) is 9.59 Å². The maximum Gasteiger partial charge on any atom is 0.259 e. The quantitative estimate of drug-likeness (QED) is 0.209. The monoisotopic (exact) mass is 586 g/mol. The van der Waals surface area contributed by atoms with Gasteiger partial charge in [0, 0.05) is 33.2 Å². The number of nitrogens with zero attached hydrogens (tertiary/aromatic N) is 2. The number of unbranched alkanes of at least 4 members (excludes halogenated alkanes) is 6. The van der Waals surface area contributed by atoms with E-state index in [9.17, 15) is 9.59 Å². The summed E-state index contributed by atoms with van der Waals surface area (Å²) >= 11 is 7.14. The lowest BCUT2D eigenvalue weighted by molar-refractivity contribution is -0.114. The number of carbonyl (C=O) groups is 2. The van der Waals surface area contributed by atoms with E-state index in [1.54, 1.807) is 0 Å². The average Bonchev–Trinajstić information content (AvgIpc) is 3.23. The molecule has 0 saturated carbocycles. The van der Waals surface area contributed by atoms with E-state index in [0.29, 0.717) is 24.2 Å². The summed E-state index contributed by atoms with van der Waals surface area (Å²) in [6.07, 6.45) is 8.72. The smallest absolute Gasteiger partial charge is 0.259 e. The van der Waals surface area contributed by atoms with Crippen molar-refractivity contribution in [2.75, 3.05) is 22.9 Å². The summed E-state index contributed by atoms with van der Waals surface area (Å²) in [5.41, 5.74) is 4.59. The number of anilines is 2. The van der Waals surface area contributed by atoms with E-state index in [1.807, 2.05) is 46.2 Å². The molecule has 0 aromatic heterocycles. The summed E-state index contributed by atoms with van der Waals surface area (Å²) in [6, 6.07) is 11.9. The van der Waals surface area contributed by atoms with Gasteiger partial charge in [-0.15, -0.1) is 0 Å². The van der Waals surface area contributed by atoms with Crippen LogP contribution in [0, 0.1) is 0 Å². The maximum absolute atomic E-state index is 13.8. The summed E-state index contributed by atoms with van der Waals surface area (Å²) in [5, 5.41) is 0. The number of hydrogen-bond acceptors (Lipinski definition) is 2. The number of hydrogen-bond donors (Lipinski definition) is 0. The molecule has 0 radical (unpaired) electrons. The minimum atomic E-state index is -0.0605. The van der Waals surface area contributed by atoms with Crippen molar-refractivity contribution in [2.45, 2.75) is 65.2 Å². The predicted molar refractivity (Wildman–Crippen MR) is 148 cm³/mol. The van der Waals surface area contributed by atoms with Crippen LogP contribution in [0.25, 0.3) is 11.1 Å². The first-order valence-electron chi connectivity index (χ1n) is 12.5. The SMILES string of the molecule is CCCCCCN1C(=O)/C(=C2/C(=O)N(CCCCCC)c3cc(Br)ccc32)c2ccc(Br)cc21. The molecule has 2 amide bonds. The minimum absolute atomic E-state index is 0.0605. The third-order valence-electron chi connectivity index (χ3n) is 6.68. The van der Waals surface area contributed by atoms with Crippen molar-refractivity contribution < 1.29 is 9.59 Å². The maximum atomic E-state index is 13.8. The summed E-state index contributed by atoms with van der Waals surface area (Å²) in [6.45, 7) is 5.71. The zero-order chi connectivity index (χ0) is 24.2. The van der Waals surface area contributed by atoms with Crippen molar-refractivity contribution in [2.24, 2.45) is 0 Å². The van der Waals surface area contributed by atoms with Crippen molar-refractivity contribution >= 4 is 66.2 Å². The van der Waals surface area contributed by atoms with Crippen LogP contribution in [0.15, 0.2) is 45.3 Å². The second-order valence-corrected chi connectivity index (χ2v) is 10.9. The second-order valence-electron chi connectivity index (χ2n) is 9.11. The number of fused-ring (bicyclic) bond motifs is 2. The molecule has 2 heterocycles. The Kier molecular flexibility index (Phi) is 8.30. The molecule has 0 bridgehead atoms. The number of rotatable bonds is 10. The van der Waals surface area contributed by atoms with Gasteiger partial charge in [-0.1, -0.05) is 96.4 Å². The van der Waals surface area contributed by atoms with Crippen LogP contribution in [0.4, 0.5) is 11.4 Å². The molecular formula is C28H32Br2N2O2. The van der Waals surface area contributed by atoms with Crippen molar-refractivity contribution in [1.82, 2.24) is 0 Å². The molecule has 6 heteroatoms. The number of benzene rings is 2. The number of halogens is 2. The number of amides is 2. The molecule has 180 valence electrons. The van der Waals surface area contributed by atoms with Crippen molar-refractivity contribution in [1.29, 1.82) is 0 Å². The highest BCUT2D eigenvalue weighted by Crippen LogP contribution is 2.47. The molecule has 2 aromatic rings. The molecule has 0 aliphatic carbocycles. The molecule has 2 aliphatic rings. The highest BCUT2D eigenvalue weighted by Gasteiger charge is 2.41. The van der Waals surface area contributed by atoms with Gasteiger partial charge in [-0.2, -0.15) is 0 Å². The fourth-order valence-corrected chi connectivity index (χ4v) is 5.62. The van der Waals surface area contributed by atoms with Gasteiger partial charge < -0.3 is 9.80 Å². The van der Waals surface area contributed by atoms with Gasteiger partial charge in [0.25, 0.3) is 11.8 Å². The topological polar surface area (TPSA) is 40.6 Å². The van der Waals surface area contributed by atoms with E-state index in [0.717, 1.165) is 82.8 Å². The zero-order valence-corrected chi connectivity index (χ0v) is 23.2. The van der Waals surface area contributed by atoms with E-state index in [1.165, 1.54) is 0 Å².